The standard InChI is InChI=1S/C13H17NO4/c1-17-11-5-7-3-8(13(15)16)4-10(14)9(7)6-12(11)18-2/h5-6,8,10H,3-4,14H2,1-2H3,(H,15,16). The average Bonchev–Trinajstić information content (AvgIpc) is 2.36. The Balaban J connectivity index is 2.43. The van der Waals surface area contributed by atoms with E-state index in [4.69, 9.17) is 20.3 Å². The molecule has 0 aliphatic heterocycles. The lowest BCUT2D eigenvalue weighted by Crippen LogP contribution is -2.29. The van der Waals surface area contributed by atoms with E-state index in [0.29, 0.717) is 24.3 Å². The predicted octanol–water partition coefficient (Wildman–Crippen LogP) is 1.35. The van der Waals surface area contributed by atoms with Gasteiger partial charge in [0.2, 0.25) is 0 Å². The van der Waals surface area contributed by atoms with Gasteiger partial charge in [-0.05, 0) is 36.1 Å². The van der Waals surface area contributed by atoms with Gasteiger partial charge in [-0.2, -0.15) is 0 Å². The van der Waals surface area contributed by atoms with Gasteiger partial charge in [0.05, 0.1) is 20.1 Å². The number of rotatable bonds is 3. The monoisotopic (exact) mass is 251 g/mol. The van der Waals surface area contributed by atoms with Gasteiger partial charge in [-0.25, -0.2) is 0 Å². The highest BCUT2D eigenvalue weighted by Crippen LogP contribution is 2.39. The van der Waals surface area contributed by atoms with Gasteiger partial charge in [-0.1, -0.05) is 0 Å². The van der Waals surface area contributed by atoms with E-state index in [2.05, 4.69) is 0 Å². The van der Waals surface area contributed by atoms with Crippen LogP contribution in [0, 0.1) is 5.92 Å². The summed E-state index contributed by atoms with van der Waals surface area (Å²) in [4.78, 5) is 11.1. The molecule has 0 spiro atoms. The van der Waals surface area contributed by atoms with Gasteiger partial charge in [-0.15, -0.1) is 0 Å². The van der Waals surface area contributed by atoms with Crippen LogP contribution < -0.4 is 15.2 Å². The summed E-state index contributed by atoms with van der Waals surface area (Å²) in [6.45, 7) is 0. The zero-order valence-electron chi connectivity index (χ0n) is 10.5. The Morgan fingerprint density at radius 1 is 1.33 bits per heavy atom. The minimum absolute atomic E-state index is 0.269. The summed E-state index contributed by atoms with van der Waals surface area (Å²) in [5, 5.41) is 9.10. The molecule has 0 radical (unpaired) electrons. The Labute approximate surface area is 106 Å². The van der Waals surface area contributed by atoms with Crippen molar-refractivity contribution in [2.45, 2.75) is 18.9 Å². The first-order valence-corrected chi connectivity index (χ1v) is 5.80. The van der Waals surface area contributed by atoms with Crippen molar-refractivity contribution in [1.29, 1.82) is 0 Å². The Morgan fingerprint density at radius 2 is 1.94 bits per heavy atom. The fourth-order valence-corrected chi connectivity index (χ4v) is 2.43. The number of carbonyl (C=O) groups is 1. The second kappa shape index (κ2) is 4.86. The molecule has 98 valence electrons. The molecule has 0 bridgehead atoms. The Bertz CT molecular complexity index is 472. The van der Waals surface area contributed by atoms with Crippen LogP contribution in [0.1, 0.15) is 23.6 Å². The summed E-state index contributed by atoms with van der Waals surface area (Å²) < 4.78 is 10.4. The number of benzene rings is 1. The van der Waals surface area contributed by atoms with Crippen LogP contribution in [0.5, 0.6) is 11.5 Å². The van der Waals surface area contributed by atoms with Crippen molar-refractivity contribution in [3.63, 3.8) is 0 Å². The van der Waals surface area contributed by atoms with Gasteiger partial charge < -0.3 is 20.3 Å². The van der Waals surface area contributed by atoms with E-state index in [1.54, 1.807) is 14.2 Å². The molecule has 5 heteroatoms. The Morgan fingerprint density at radius 3 is 2.50 bits per heavy atom. The molecule has 18 heavy (non-hydrogen) atoms. The average molecular weight is 251 g/mol. The Kier molecular flexibility index (Phi) is 3.43. The van der Waals surface area contributed by atoms with Crippen LogP contribution in [0.15, 0.2) is 12.1 Å². The number of carboxylic acid groups (broad SMARTS) is 1. The summed E-state index contributed by atoms with van der Waals surface area (Å²) >= 11 is 0. The Hall–Kier alpha value is -1.75. The zero-order valence-corrected chi connectivity index (χ0v) is 10.5. The van der Waals surface area contributed by atoms with Gasteiger partial charge in [0.15, 0.2) is 11.5 Å². The number of ether oxygens (including phenoxy) is 2. The first-order chi connectivity index (χ1) is 8.56. The van der Waals surface area contributed by atoms with Crippen molar-refractivity contribution in [3.05, 3.63) is 23.3 Å². The number of hydrogen-bond donors (Lipinski definition) is 2. The maximum Gasteiger partial charge on any atom is 0.306 e. The number of fused-ring (bicyclic) bond motifs is 1. The van der Waals surface area contributed by atoms with Gasteiger partial charge >= 0.3 is 5.97 Å². The summed E-state index contributed by atoms with van der Waals surface area (Å²) in [6, 6.07) is 3.40. The molecule has 2 atom stereocenters. The first kappa shape index (κ1) is 12.7. The van der Waals surface area contributed by atoms with E-state index in [1.807, 2.05) is 12.1 Å². The van der Waals surface area contributed by atoms with Crippen molar-refractivity contribution in [1.82, 2.24) is 0 Å². The minimum atomic E-state index is -0.800. The molecule has 1 aromatic carbocycles. The van der Waals surface area contributed by atoms with Crippen LogP contribution in [0.2, 0.25) is 0 Å². The molecule has 0 heterocycles. The third kappa shape index (κ3) is 2.13. The largest absolute Gasteiger partial charge is 0.493 e. The maximum absolute atomic E-state index is 11.1. The molecule has 1 aliphatic rings. The van der Waals surface area contributed by atoms with Crippen molar-refractivity contribution < 1.29 is 19.4 Å². The van der Waals surface area contributed by atoms with E-state index in [1.165, 1.54) is 0 Å². The van der Waals surface area contributed by atoms with Crippen LogP contribution >= 0.6 is 0 Å². The van der Waals surface area contributed by atoms with E-state index < -0.39 is 11.9 Å². The summed E-state index contributed by atoms with van der Waals surface area (Å²) in [7, 11) is 3.13. The SMILES string of the molecule is COc1cc2c(cc1OC)C(N)CC(C(=O)O)C2. The minimum Gasteiger partial charge on any atom is -0.493 e. The molecule has 5 nitrogen and oxygen atoms in total. The second-order valence-electron chi connectivity index (χ2n) is 4.49. The molecule has 0 amide bonds. The van der Waals surface area contributed by atoms with E-state index >= 15 is 0 Å². The summed E-state index contributed by atoms with van der Waals surface area (Å²) in [5.41, 5.74) is 7.91. The van der Waals surface area contributed by atoms with Crippen LogP contribution in [0.4, 0.5) is 0 Å². The highest BCUT2D eigenvalue weighted by Gasteiger charge is 2.30. The van der Waals surface area contributed by atoms with E-state index in [-0.39, 0.29) is 6.04 Å². The predicted molar refractivity (Wildman–Crippen MR) is 65.9 cm³/mol. The van der Waals surface area contributed by atoms with Crippen molar-refractivity contribution in [3.8, 4) is 11.5 Å². The number of aliphatic carboxylic acids is 1. The molecule has 2 unspecified atom stereocenters. The zero-order chi connectivity index (χ0) is 13.3. The molecule has 1 aromatic rings. The molecule has 0 saturated heterocycles. The molecule has 0 aromatic heterocycles. The van der Waals surface area contributed by atoms with Gasteiger partial charge in [-0.3, -0.25) is 4.79 Å². The van der Waals surface area contributed by atoms with Crippen molar-refractivity contribution >= 4 is 5.97 Å². The fourth-order valence-electron chi connectivity index (χ4n) is 2.43. The molecular weight excluding hydrogens is 234 g/mol. The number of nitrogens with two attached hydrogens (primary N) is 1. The lowest BCUT2D eigenvalue weighted by Gasteiger charge is -2.28. The highest BCUT2D eigenvalue weighted by atomic mass is 16.5. The third-order valence-electron chi connectivity index (χ3n) is 3.40. The van der Waals surface area contributed by atoms with Crippen molar-refractivity contribution in [2.24, 2.45) is 11.7 Å². The van der Waals surface area contributed by atoms with Crippen LogP contribution in [-0.2, 0) is 11.2 Å². The topological polar surface area (TPSA) is 81.8 Å². The lowest BCUT2D eigenvalue weighted by molar-refractivity contribution is -0.142. The fraction of sp³-hybridized carbons (Fsp3) is 0.462. The van der Waals surface area contributed by atoms with Crippen molar-refractivity contribution in [2.75, 3.05) is 14.2 Å². The normalized spacial score (nSPS) is 22.2. The number of methoxy groups -OCH3 is 2. The molecule has 3 N–H and O–H groups in total. The number of carboxylic acids is 1. The van der Waals surface area contributed by atoms with Gasteiger partial charge in [0, 0.05) is 6.04 Å². The maximum atomic E-state index is 11.1. The van der Waals surface area contributed by atoms with Crippen LogP contribution in [0.25, 0.3) is 0 Å². The molecule has 2 rings (SSSR count). The third-order valence-corrected chi connectivity index (χ3v) is 3.40. The number of hydrogen-bond acceptors (Lipinski definition) is 4. The highest BCUT2D eigenvalue weighted by molar-refractivity contribution is 5.71. The van der Waals surface area contributed by atoms with Crippen LogP contribution in [0.3, 0.4) is 0 Å². The van der Waals surface area contributed by atoms with Crippen LogP contribution in [-0.4, -0.2) is 25.3 Å². The van der Waals surface area contributed by atoms with E-state index in [0.717, 1.165) is 11.1 Å². The molecule has 1 aliphatic carbocycles. The molecule has 0 fully saturated rings. The summed E-state index contributed by atoms with van der Waals surface area (Å²) in [5.74, 6) is 0.00597. The second-order valence-corrected chi connectivity index (χ2v) is 4.49. The quantitative estimate of drug-likeness (QED) is 0.847. The lowest BCUT2D eigenvalue weighted by atomic mass is 9.81. The molecule has 0 saturated carbocycles. The first-order valence-electron chi connectivity index (χ1n) is 5.80. The summed E-state index contributed by atoms with van der Waals surface area (Å²) in [6.07, 6.45) is 0.941. The van der Waals surface area contributed by atoms with Gasteiger partial charge in [0.25, 0.3) is 0 Å². The van der Waals surface area contributed by atoms with E-state index in [9.17, 15) is 4.79 Å². The molecular formula is C13H17NO4. The van der Waals surface area contributed by atoms with Gasteiger partial charge in [0.1, 0.15) is 0 Å². The smallest absolute Gasteiger partial charge is 0.306 e.